The molecule has 0 saturated carbocycles. The number of rotatable bonds is 5. The Bertz CT molecular complexity index is 685. The van der Waals surface area contributed by atoms with Crippen LogP contribution in [0.4, 0.5) is 0 Å². The van der Waals surface area contributed by atoms with Crippen LogP contribution in [0, 0.1) is 6.92 Å². The van der Waals surface area contributed by atoms with Gasteiger partial charge >= 0.3 is 0 Å². The Kier molecular flexibility index (Phi) is 3.74. The molecule has 3 rings (SSSR count). The van der Waals surface area contributed by atoms with Gasteiger partial charge in [0.15, 0.2) is 5.65 Å². The molecule has 20 heavy (non-hydrogen) atoms. The molecule has 2 heterocycles. The van der Waals surface area contributed by atoms with Gasteiger partial charge in [-0.3, -0.25) is 4.40 Å². The van der Waals surface area contributed by atoms with Crippen molar-refractivity contribution in [3.05, 3.63) is 65.6 Å². The van der Waals surface area contributed by atoms with Crippen LogP contribution in [0.2, 0.25) is 0 Å². The number of benzene rings is 1. The quantitative estimate of drug-likeness (QED) is 0.721. The van der Waals surface area contributed by atoms with Crippen LogP contribution < -0.4 is 5.32 Å². The van der Waals surface area contributed by atoms with Gasteiger partial charge in [0.1, 0.15) is 5.82 Å². The first-order chi connectivity index (χ1) is 9.83. The van der Waals surface area contributed by atoms with E-state index in [1.165, 1.54) is 11.1 Å². The largest absolute Gasteiger partial charge is 0.312 e. The predicted octanol–water partition coefficient (Wildman–Crippen LogP) is 2.37. The average Bonchev–Trinajstić information content (AvgIpc) is 2.89. The minimum atomic E-state index is 0.872. The van der Waals surface area contributed by atoms with E-state index >= 15 is 0 Å². The van der Waals surface area contributed by atoms with Crippen LogP contribution in [0.25, 0.3) is 5.65 Å². The summed E-state index contributed by atoms with van der Waals surface area (Å²) in [6.07, 6.45) is 2.88. The molecule has 2 aromatic heterocycles. The fourth-order valence-corrected chi connectivity index (χ4v) is 2.20. The van der Waals surface area contributed by atoms with Gasteiger partial charge in [0.25, 0.3) is 0 Å². The highest BCUT2D eigenvalue weighted by Crippen LogP contribution is 2.04. The highest BCUT2D eigenvalue weighted by Gasteiger charge is 2.03. The van der Waals surface area contributed by atoms with E-state index in [2.05, 4.69) is 46.7 Å². The van der Waals surface area contributed by atoms with Gasteiger partial charge in [-0.05, 0) is 24.6 Å². The number of nitrogens with zero attached hydrogens (tertiary/aromatic N) is 3. The van der Waals surface area contributed by atoms with Gasteiger partial charge in [-0.2, -0.15) is 0 Å². The molecule has 0 aliphatic carbocycles. The zero-order chi connectivity index (χ0) is 13.8. The van der Waals surface area contributed by atoms with Crippen molar-refractivity contribution in [1.29, 1.82) is 0 Å². The van der Waals surface area contributed by atoms with E-state index in [0.717, 1.165) is 31.0 Å². The molecule has 1 aromatic carbocycles. The van der Waals surface area contributed by atoms with E-state index in [4.69, 9.17) is 0 Å². The molecule has 4 nitrogen and oxygen atoms in total. The molecule has 0 radical (unpaired) electrons. The molecular formula is C16H18N4. The lowest BCUT2D eigenvalue weighted by molar-refractivity contribution is 0.667. The standard InChI is InChI=1S/C16H18N4/c1-13-5-7-14(8-6-13)12-17-10-9-16-19-18-15-4-2-3-11-20(15)16/h2-8,11,17H,9-10,12H2,1H3. The molecule has 0 bridgehead atoms. The lowest BCUT2D eigenvalue weighted by Crippen LogP contribution is -2.17. The fraction of sp³-hybridized carbons (Fsp3) is 0.250. The summed E-state index contributed by atoms with van der Waals surface area (Å²) in [6.45, 7) is 3.88. The van der Waals surface area contributed by atoms with Crippen LogP contribution in [0.3, 0.4) is 0 Å². The van der Waals surface area contributed by atoms with Crippen LogP contribution in [-0.4, -0.2) is 21.1 Å². The maximum Gasteiger partial charge on any atom is 0.160 e. The number of fused-ring (bicyclic) bond motifs is 1. The summed E-state index contributed by atoms with van der Waals surface area (Å²) in [4.78, 5) is 0. The summed E-state index contributed by atoms with van der Waals surface area (Å²) in [5, 5.41) is 11.8. The van der Waals surface area contributed by atoms with Gasteiger partial charge in [0, 0.05) is 25.7 Å². The summed E-state index contributed by atoms with van der Waals surface area (Å²) in [5.41, 5.74) is 3.51. The predicted molar refractivity (Wildman–Crippen MR) is 79.6 cm³/mol. The van der Waals surface area contributed by atoms with Crippen molar-refractivity contribution in [3.8, 4) is 0 Å². The van der Waals surface area contributed by atoms with E-state index in [9.17, 15) is 0 Å². The van der Waals surface area contributed by atoms with Gasteiger partial charge < -0.3 is 5.32 Å². The van der Waals surface area contributed by atoms with E-state index < -0.39 is 0 Å². The Labute approximate surface area is 118 Å². The Morgan fingerprint density at radius 1 is 1.05 bits per heavy atom. The summed E-state index contributed by atoms with van der Waals surface area (Å²) < 4.78 is 2.04. The second-order valence-electron chi connectivity index (χ2n) is 4.96. The summed E-state index contributed by atoms with van der Waals surface area (Å²) in [5.74, 6) is 0.997. The minimum absolute atomic E-state index is 0.872. The van der Waals surface area contributed by atoms with Gasteiger partial charge in [0.2, 0.25) is 0 Å². The molecule has 3 aromatic rings. The number of hydrogen-bond donors (Lipinski definition) is 1. The van der Waals surface area contributed by atoms with Crippen LogP contribution in [0.15, 0.2) is 48.7 Å². The second kappa shape index (κ2) is 5.84. The van der Waals surface area contributed by atoms with Gasteiger partial charge in [-0.15, -0.1) is 10.2 Å². The number of aromatic nitrogens is 3. The van der Waals surface area contributed by atoms with Crippen molar-refractivity contribution < 1.29 is 0 Å². The molecule has 0 unspecified atom stereocenters. The van der Waals surface area contributed by atoms with Crippen molar-refractivity contribution in [1.82, 2.24) is 19.9 Å². The van der Waals surface area contributed by atoms with Crippen molar-refractivity contribution >= 4 is 5.65 Å². The molecule has 1 N–H and O–H groups in total. The van der Waals surface area contributed by atoms with Crippen molar-refractivity contribution in [3.63, 3.8) is 0 Å². The van der Waals surface area contributed by atoms with Gasteiger partial charge in [0.05, 0.1) is 0 Å². The molecule has 0 spiro atoms. The number of pyridine rings is 1. The zero-order valence-corrected chi connectivity index (χ0v) is 11.6. The number of aryl methyl sites for hydroxylation is 1. The normalized spacial score (nSPS) is 11.1. The Balaban J connectivity index is 1.54. The highest BCUT2D eigenvalue weighted by atomic mass is 15.2. The van der Waals surface area contributed by atoms with E-state index in [0.29, 0.717) is 0 Å². The third-order valence-corrected chi connectivity index (χ3v) is 3.36. The Morgan fingerprint density at radius 2 is 1.90 bits per heavy atom. The van der Waals surface area contributed by atoms with E-state index in [1.807, 2.05) is 28.8 Å². The third kappa shape index (κ3) is 2.86. The highest BCUT2D eigenvalue weighted by molar-refractivity contribution is 5.37. The van der Waals surface area contributed by atoms with Gasteiger partial charge in [-0.25, -0.2) is 0 Å². The van der Waals surface area contributed by atoms with Crippen molar-refractivity contribution in [2.45, 2.75) is 19.9 Å². The average molecular weight is 266 g/mol. The minimum Gasteiger partial charge on any atom is -0.312 e. The molecule has 0 atom stereocenters. The van der Waals surface area contributed by atoms with Crippen LogP contribution in [-0.2, 0) is 13.0 Å². The molecule has 0 amide bonds. The van der Waals surface area contributed by atoms with E-state index in [-0.39, 0.29) is 0 Å². The molecule has 0 saturated heterocycles. The van der Waals surface area contributed by atoms with Crippen LogP contribution in [0.1, 0.15) is 17.0 Å². The van der Waals surface area contributed by atoms with Crippen molar-refractivity contribution in [2.24, 2.45) is 0 Å². The molecule has 4 heteroatoms. The topological polar surface area (TPSA) is 42.2 Å². The maximum absolute atomic E-state index is 4.22. The Morgan fingerprint density at radius 3 is 2.75 bits per heavy atom. The smallest absolute Gasteiger partial charge is 0.160 e. The molecule has 0 fully saturated rings. The van der Waals surface area contributed by atoms with Crippen LogP contribution >= 0.6 is 0 Å². The maximum atomic E-state index is 4.22. The first kappa shape index (κ1) is 12.8. The van der Waals surface area contributed by atoms with Crippen molar-refractivity contribution in [2.75, 3.05) is 6.54 Å². The molecule has 0 aliphatic heterocycles. The summed E-state index contributed by atoms with van der Waals surface area (Å²) >= 11 is 0. The number of nitrogens with one attached hydrogen (secondary N) is 1. The first-order valence-electron chi connectivity index (χ1n) is 6.88. The zero-order valence-electron chi connectivity index (χ0n) is 11.6. The number of hydrogen-bond acceptors (Lipinski definition) is 3. The third-order valence-electron chi connectivity index (χ3n) is 3.36. The van der Waals surface area contributed by atoms with Crippen LogP contribution in [0.5, 0.6) is 0 Å². The van der Waals surface area contributed by atoms with Gasteiger partial charge in [-0.1, -0.05) is 35.9 Å². The lowest BCUT2D eigenvalue weighted by Gasteiger charge is -2.04. The fourth-order valence-electron chi connectivity index (χ4n) is 2.20. The first-order valence-corrected chi connectivity index (χ1v) is 6.88. The summed E-state index contributed by atoms with van der Waals surface area (Å²) in [7, 11) is 0. The molecule has 102 valence electrons. The monoisotopic (exact) mass is 266 g/mol. The SMILES string of the molecule is Cc1ccc(CNCCc2nnc3ccccn23)cc1. The summed E-state index contributed by atoms with van der Waals surface area (Å²) in [6, 6.07) is 14.6. The lowest BCUT2D eigenvalue weighted by atomic mass is 10.1. The Hall–Kier alpha value is -2.20. The van der Waals surface area contributed by atoms with E-state index in [1.54, 1.807) is 0 Å². The molecular weight excluding hydrogens is 248 g/mol. The molecule has 0 aliphatic rings. The second-order valence-corrected chi connectivity index (χ2v) is 4.96.